The van der Waals surface area contributed by atoms with Crippen LogP contribution in [0.2, 0.25) is 5.02 Å². The van der Waals surface area contributed by atoms with E-state index < -0.39 is 5.91 Å². The van der Waals surface area contributed by atoms with Crippen LogP contribution in [0.25, 0.3) is 0 Å². The third kappa shape index (κ3) is 6.66. The maximum atomic E-state index is 12.8. The second-order valence-electron chi connectivity index (χ2n) is 7.90. The zero-order chi connectivity index (χ0) is 23.3. The van der Waals surface area contributed by atoms with Gasteiger partial charge in [0, 0.05) is 31.7 Å². The molecule has 9 heteroatoms. The minimum atomic E-state index is -0.401. The molecule has 1 saturated heterocycles. The van der Waals surface area contributed by atoms with E-state index in [2.05, 4.69) is 15.5 Å². The van der Waals surface area contributed by atoms with Crippen molar-refractivity contribution in [2.75, 3.05) is 45.2 Å². The van der Waals surface area contributed by atoms with Crippen molar-refractivity contribution in [3.8, 4) is 5.75 Å². The monoisotopic (exact) mass is 474 g/mol. The van der Waals surface area contributed by atoms with Crippen LogP contribution in [-0.4, -0.2) is 66.6 Å². The molecule has 170 valence electrons. The van der Waals surface area contributed by atoms with Gasteiger partial charge < -0.3 is 19.9 Å². The van der Waals surface area contributed by atoms with Crippen molar-refractivity contribution in [1.29, 1.82) is 0 Å². The van der Waals surface area contributed by atoms with E-state index in [4.69, 9.17) is 28.6 Å². The highest BCUT2D eigenvalue weighted by atomic mass is 35.5. The molecule has 0 unspecified atom stereocenters. The minimum absolute atomic E-state index is 0.0605. The van der Waals surface area contributed by atoms with Crippen molar-refractivity contribution in [1.82, 2.24) is 15.1 Å². The highest BCUT2D eigenvalue weighted by molar-refractivity contribution is 7.80. The molecular weight excluding hydrogens is 448 g/mol. The number of likely N-dealkylation sites (N-methyl/N-ethyl adjacent to an activating group) is 1. The summed E-state index contributed by atoms with van der Waals surface area (Å²) >= 11 is 11.5. The summed E-state index contributed by atoms with van der Waals surface area (Å²) in [6.07, 6.45) is 0. The van der Waals surface area contributed by atoms with Gasteiger partial charge in [-0.1, -0.05) is 17.7 Å². The van der Waals surface area contributed by atoms with Gasteiger partial charge in [0.25, 0.3) is 11.8 Å². The number of benzene rings is 2. The Labute approximate surface area is 198 Å². The summed E-state index contributed by atoms with van der Waals surface area (Å²) in [7, 11) is 2.04. The predicted molar refractivity (Wildman–Crippen MR) is 131 cm³/mol. The lowest BCUT2D eigenvalue weighted by atomic mass is 10.1. The highest BCUT2D eigenvalue weighted by Gasteiger charge is 2.21. The Bertz CT molecular complexity index is 1000. The number of halogens is 1. The number of amides is 2. The Hall–Kier alpha value is -2.68. The highest BCUT2D eigenvalue weighted by Crippen LogP contribution is 2.24. The molecule has 3 rings (SSSR count). The van der Waals surface area contributed by atoms with Crippen LogP contribution in [0.3, 0.4) is 0 Å². The molecule has 0 aliphatic carbocycles. The summed E-state index contributed by atoms with van der Waals surface area (Å²) in [6.45, 7) is 6.78. The smallest absolute Gasteiger partial charge is 0.264 e. The summed E-state index contributed by atoms with van der Waals surface area (Å²) in [5.74, 6) is 0.159. The second kappa shape index (κ2) is 10.8. The molecule has 1 aliphatic rings. The lowest BCUT2D eigenvalue weighted by molar-refractivity contribution is -0.121. The number of anilines is 1. The number of carbonyl (C=O) groups is 2. The van der Waals surface area contributed by atoms with Crippen molar-refractivity contribution in [3.05, 3.63) is 58.1 Å². The van der Waals surface area contributed by atoms with Crippen LogP contribution in [0, 0.1) is 13.8 Å². The summed E-state index contributed by atoms with van der Waals surface area (Å²) in [5.41, 5.74) is 3.07. The average molecular weight is 475 g/mol. The van der Waals surface area contributed by atoms with Crippen molar-refractivity contribution < 1.29 is 14.3 Å². The zero-order valence-electron chi connectivity index (χ0n) is 18.4. The maximum absolute atomic E-state index is 12.8. The predicted octanol–water partition coefficient (Wildman–Crippen LogP) is 3.24. The summed E-state index contributed by atoms with van der Waals surface area (Å²) < 4.78 is 5.55. The molecule has 2 aromatic rings. The van der Waals surface area contributed by atoms with Crippen LogP contribution in [0.5, 0.6) is 5.75 Å². The summed E-state index contributed by atoms with van der Waals surface area (Å²) in [4.78, 5) is 29.0. The molecule has 0 radical (unpaired) electrons. The lowest BCUT2D eigenvalue weighted by Gasteiger charge is -2.32. The average Bonchev–Trinajstić information content (AvgIpc) is 2.73. The Balaban J connectivity index is 1.56. The van der Waals surface area contributed by atoms with Crippen molar-refractivity contribution in [3.63, 3.8) is 0 Å². The maximum Gasteiger partial charge on any atom is 0.264 e. The number of hydrogen-bond donors (Lipinski definition) is 2. The van der Waals surface area contributed by atoms with E-state index in [9.17, 15) is 9.59 Å². The van der Waals surface area contributed by atoms with Crippen LogP contribution in [0.15, 0.2) is 36.4 Å². The third-order valence-corrected chi connectivity index (χ3v) is 5.60. The molecule has 2 aromatic carbocycles. The lowest BCUT2D eigenvalue weighted by Crippen LogP contribution is -2.47. The number of aryl methyl sites for hydroxylation is 2. The van der Waals surface area contributed by atoms with Crippen LogP contribution in [0.1, 0.15) is 21.5 Å². The summed E-state index contributed by atoms with van der Waals surface area (Å²) in [6, 6.07) is 10.7. The number of nitrogens with one attached hydrogen (secondary N) is 2. The van der Waals surface area contributed by atoms with Crippen LogP contribution in [-0.2, 0) is 4.79 Å². The van der Waals surface area contributed by atoms with E-state index in [1.165, 1.54) is 0 Å². The Kier molecular flexibility index (Phi) is 8.06. The van der Waals surface area contributed by atoms with Gasteiger partial charge in [0.2, 0.25) is 0 Å². The normalized spacial score (nSPS) is 14.1. The fourth-order valence-electron chi connectivity index (χ4n) is 3.43. The molecule has 0 spiro atoms. The molecule has 32 heavy (non-hydrogen) atoms. The van der Waals surface area contributed by atoms with Crippen LogP contribution >= 0.6 is 23.8 Å². The zero-order valence-corrected chi connectivity index (χ0v) is 20.0. The van der Waals surface area contributed by atoms with E-state index in [-0.39, 0.29) is 17.6 Å². The van der Waals surface area contributed by atoms with Gasteiger partial charge in [-0.3, -0.25) is 14.9 Å². The van der Waals surface area contributed by atoms with Crippen LogP contribution < -0.4 is 15.4 Å². The van der Waals surface area contributed by atoms with Gasteiger partial charge in [-0.15, -0.1) is 0 Å². The van der Waals surface area contributed by atoms with Gasteiger partial charge in [0.1, 0.15) is 5.75 Å². The Morgan fingerprint density at radius 2 is 1.72 bits per heavy atom. The first kappa shape index (κ1) is 24.0. The number of hydrogen-bond acceptors (Lipinski definition) is 5. The standard InChI is InChI=1S/C23H27ClN4O3S/c1-15-10-16(2)12-18(11-15)31-14-21(29)26-23(32)25-20-13-17(4-5-19(20)24)22(30)28-8-6-27(3)7-9-28/h4-5,10-13H,6-9,14H2,1-3H3,(H2,25,26,29,32). The largest absolute Gasteiger partial charge is 0.484 e. The topological polar surface area (TPSA) is 73.9 Å². The minimum Gasteiger partial charge on any atom is -0.484 e. The second-order valence-corrected chi connectivity index (χ2v) is 8.72. The van der Waals surface area contributed by atoms with Gasteiger partial charge in [-0.05, 0) is 74.6 Å². The molecule has 1 heterocycles. The molecule has 0 atom stereocenters. The Morgan fingerprint density at radius 1 is 1.06 bits per heavy atom. The van der Waals surface area contributed by atoms with E-state index in [0.717, 1.165) is 24.2 Å². The molecule has 1 fully saturated rings. The van der Waals surface area contributed by atoms with Crippen molar-refractivity contribution in [2.45, 2.75) is 13.8 Å². The SMILES string of the molecule is Cc1cc(C)cc(OCC(=O)NC(=S)Nc2cc(C(=O)N3CCN(C)CC3)ccc2Cl)c1. The molecule has 0 saturated carbocycles. The third-order valence-electron chi connectivity index (χ3n) is 5.07. The van der Waals surface area contributed by atoms with Crippen LogP contribution in [0.4, 0.5) is 5.69 Å². The first-order valence-corrected chi connectivity index (χ1v) is 11.1. The molecular formula is C23H27ClN4O3S. The number of ether oxygens (including phenoxy) is 1. The fourth-order valence-corrected chi connectivity index (χ4v) is 3.82. The molecule has 2 N–H and O–H groups in total. The number of rotatable bonds is 5. The van der Waals surface area contributed by atoms with Crippen molar-refractivity contribution in [2.24, 2.45) is 0 Å². The summed E-state index contributed by atoms with van der Waals surface area (Å²) in [5, 5.41) is 5.93. The first-order valence-electron chi connectivity index (χ1n) is 10.3. The van der Waals surface area contributed by atoms with Gasteiger partial charge in [-0.25, -0.2) is 0 Å². The molecule has 7 nitrogen and oxygen atoms in total. The number of thiocarbonyl (C=S) groups is 1. The van der Waals surface area contributed by atoms with Gasteiger partial charge in [0.05, 0.1) is 10.7 Å². The molecule has 2 amide bonds. The number of carbonyl (C=O) groups excluding carboxylic acids is 2. The van der Waals surface area contributed by atoms with Gasteiger partial charge in [0.15, 0.2) is 11.7 Å². The number of piperazine rings is 1. The van der Waals surface area contributed by atoms with E-state index in [0.29, 0.717) is 35.1 Å². The van der Waals surface area contributed by atoms with E-state index in [1.807, 2.05) is 44.0 Å². The first-order chi connectivity index (χ1) is 15.2. The van der Waals surface area contributed by atoms with E-state index in [1.54, 1.807) is 18.2 Å². The van der Waals surface area contributed by atoms with Gasteiger partial charge in [-0.2, -0.15) is 0 Å². The number of nitrogens with zero attached hydrogens (tertiary/aromatic N) is 2. The quantitative estimate of drug-likeness (QED) is 0.648. The van der Waals surface area contributed by atoms with E-state index >= 15 is 0 Å². The van der Waals surface area contributed by atoms with Crippen molar-refractivity contribution >= 4 is 46.4 Å². The molecule has 0 bridgehead atoms. The Morgan fingerprint density at radius 3 is 2.38 bits per heavy atom. The fraction of sp³-hybridized carbons (Fsp3) is 0.348. The van der Waals surface area contributed by atoms with Gasteiger partial charge >= 0.3 is 0 Å². The molecule has 1 aliphatic heterocycles. The molecule has 0 aromatic heterocycles.